The molecule has 5 rings (SSSR count). The minimum absolute atomic E-state index is 0.0213. The lowest BCUT2D eigenvalue weighted by Gasteiger charge is -2.29. The maximum Gasteiger partial charge on any atom is 0.479 e. The molecule has 45 heavy (non-hydrogen) atoms. The number of aliphatic hydroxyl groups excluding tert-OH is 2. The van der Waals surface area contributed by atoms with Crippen LogP contribution in [0.25, 0.3) is 11.2 Å². The molecule has 21 heteroatoms. The zero-order valence-corrected chi connectivity index (χ0v) is 25.1. The molecular weight excluding hydrogens is 640 g/mol. The molecule has 8 atom stereocenters. The van der Waals surface area contributed by atoms with E-state index in [2.05, 4.69) is 35.2 Å². The van der Waals surface area contributed by atoms with Crippen molar-refractivity contribution in [1.82, 2.24) is 24.8 Å². The molecule has 3 aromatic rings. The van der Waals surface area contributed by atoms with Gasteiger partial charge in [0.1, 0.15) is 30.7 Å². The van der Waals surface area contributed by atoms with E-state index < -0.39 is 76.7 Å². The Morgan fingerprint density at radius 2 is 1.84 bits per heavy atom. The summed E-state index contributed by atoms with van der Waals surface area (Å²) >= 11 is 0. The lowest BCUT2D eigenvalue weighted by atomic mass is 9.94. The number of phosphoric acid groups is 1. The average molecular weight is 671 g/mol. The van der Waals surface area contributed by atoms with Gasteiger partial charge in [0.15, 0.2) is 23.2 Å². The Bertz CT molecular complexity index is 1630. The number of piperidine rings is 1. The highest BCUT2D eigenvalue weighted by Crippen LogP contribution is 2.61. The number of aliphatic hydroxyl groups is 2. The van der Waals surface area contributed by atoms with Gasteiger partial charge in [-0.1, -0.05) is 18.2 Å². The predicted octanol–water partition coefficient (Wildman–Crippen LogP) is 0.861. The molecule has 0 radical (unpaired) electrons. The van der Waals surface area contributed by atoms with Crippen molar-refractivity contribution < 1.29 is 57.4 Å². The first kappa shape index (κ1) is 33.0. The maximum atomic E-state index is 12.6. The van der Waals surface area contributed by atoms with Gasteiger partial charge in [0.2, 0.25) is 0 Å². The first-order valence-electron chi connectivity index (χ1n) is 13.6. The summed E-state index contributed by atoms with van der Waals surface area (Å²) in [6.07, 6.45) is -3.81. The summed E-state index contributed by atoms with van der Waals surface area (Å²) in [6, 6.07) is 7.11. The van der Waals surface area contributed by atoms with Crippen LogP contribution in [-0.4, -0.2) is 100 Å². The van der Waals surface area contributed by atoms with Crippen molar-refractivity contribution in [3.05, 3.63) is 43.0 Å². The number of urea groups is 1. The smallest absolute Gasteiger partial charge is 0.479 e. The standard InChI is InChI=1S/C24H31N7O12P2/c32-18-16(9-41-45(39,40)43-44(37,38)10-13-6-7-25-15(8-13)23(34)35)42-22(19(18)33)31-12-28-17-20(26-11-27-21(17)31)30-24(36)29-14-4-2-1-3-5-14/h1-5,11-13,15-16,18-19,22,25,32-33H,6-10H2,(H,34,35)(H,37,38)(H,39,40)(H2,26,27,29,30,36)/t13?,15?,16-,18?,19+,22-/m1/s1. The molecule has 4 heterocycles. The molecule has 2 aromatic heterocycles. The highest BCUT2D eigenvalue weighted by Gasteiger charge is 2.46. The summed E-state index contributed by atoms with van der Waals surface area (Å²) in [6.45, 7) is -0.556. The number of aromatic nitrogens is 4. The molecule has 0 aliphatic carbocycles. The van der Waals surface area contributed by atoms with Gasteiger partial charge in [-0.05, 0) is 37.4 Å². The van der Waals surface area contributed by atoms with Gasteiger partial charge in [-0.25, -0.2) is 28.6 Å². The third kappa shape index (κ3) is 8.09. The van der Waals surface area contributed by atoms with E-state index in [9.17, 15) is 38.7 Å². The second-order valence-electron chi connectivity index (χ2n) is 10.4. The third-order valence-electron chi connectivity index (χ3n) is 7.17. The largest absolute Gasteiger partial charge is 0.480 e. The summed E-state index contributed by atoms with van der Waals surface area (Å²) < 4.78 is 41.4. The van der Waals surface area contributed by atoms with E-state index in [1.807, 2.05) is 0 Å². The van der Waals surface area contributed by atoms with E-state index in [0.29, 0.717) is 12.1 Å². The molecule has 8 N–H and O–H groups in total. The van der Waals surface area contributed by atoms with Crippen molar-refractivity contribution in [2.75, 3.05) is 29.9 Å². The molecule has 2 saturated heterocycles. The SMILES string of the molecule is O=C(Nc1ccccc1)Nc1ncnc2c1ncn2[C@@H]1O[C@H](COP(=O)(O)OP(=O)(O)CC2CCNC(C(=O)O)C2)C(O)[C@@H]1O. The number of anilines is 2. The normalized spacial score (nSPS) is 27.8. The zero-order valence-electron chi connectivity index (χ0n) is 23.3. The van der Waals surface area contributed by atoms with Gasteiger partial charge in [-0.2, -0.15) is 0 Å². The lowest BCUT2D eigenvalue weighted by Crippen LogP contribution is -2.44. The van der Waals surface area contributed by atoms with Crippen LogP contribution in [-0.2, 0) is 27.5 Å². The Balaban J connectivity index is 1.20. The number of hydrogen-bond acceptors (Lipinski definition) is 13. The highest BCUT2D eigenvalue weighted by molar-refractivity contribution is 7.64. The maximum absolute atomic E-state index is 12.6. The van der Waals surface area contributed by atoms with Crippen LogP contribution in [0.3, 0.4) is 0 Å². The van der Waals surface area contributed by atoms with Crippen LogP contribution in [0, 0.1) is 5.92 Å². The number of carbonyl (C=O) groups is 2. The fourth-order valence-electron chi connectivity index (χ4n) is 5.08. The van der Waals surface area contributed by atoms with Crippen molar-refractivity contribution in [1.29, 1.82) is 0 Å². The Morgan fingerprint density at radius 3 is 2.58 bits per heavy atom. The number of para-hydroxylation sites is 1. The number of imidazole rings is 1. The second kappa shape index (κ2) is 13.6. The monoisotopic (exact) mass is 671 g/mol. The van der Waals surface area contributed by atoms with Crippen LogP contribution >= 0.6 is 15.4 Å². The molecule has 2 aliphatic rings. The number of fused-ring (bicyclic) bond motifs is 1. The van der Waals surface area contributed by atoms with Crippen molar-refractivity contribution >= 4 is 50.1 Å². The molecule has 0 bridgehead atoms. The van der Waals surface area contributed by atoms with E-state index >= 15 is 0 Å². The Kier molecular flexibility index (Phi) is 9.95. The molecular formula is C24H31N7O12P2. The summed E-state index contributed by atoms with van der Waals surface area (Å²) in [5.74, 6) is -1.66. The number of hydrogen-bond donors (Lipinski definition) is 8. The van der Waals surface area contributed by atoms with Crippen molar-refractivity contribution in [3.8, 4) is 0 Å². The zero-order chi connectivity index (χ0) is 32.4. The molecule has 0 spiro atoms. The van der Waals surface area contributed by atoms with E-state index in [4.69, 9.17) is 14.4 Å². The number of carboxylic acid groups (broad SMARTS) is 1. The molecule has 2 amide bonds. The van der Waals surface area contributed by atoms with Gasteiger partial charge in [0, 0.05) is 5.69 Å². The minimum atomic E-state index is -5.18. The molecule has 2 fully saturated rings. The number of ether oxygens (including phenoxy) is 1. The van der Waals surface area contributed by atoms with Crippen LogP contribution in [0.4, 0.5) is 16.3 Å². The van der Waals surface area contributed by atoms with Crippen molar-refractivity contribution in [2.45, 2.75) is 43.4 Å². The Hall–Kier alpha value is -3.35. The fourth-order valence-corrected chi connectivity index (χ4v) is 8.14. The number of phosphoric ester groups is 1. The second-order valence-corrected chi connectivity index (χ2v) is 13.9. The van der Waals surface area contributed by atoms with Crippen LogP contribution in [0.15, 0.2) is 43.0 Å². The van der Waals surface area contributed by atoms with Gasteiger partial charge < -0.3 is 40.5 Å². The van der Waals surface area contributed by atoms with Gasteiger partial charge in [-0.3, -0.25) is 23.8 Å². The van der Waals surface area contributed by atoms with Gasteiger partial charge in [0.05, 0.1) is 19.1 Å². The van der Waals surface area contributed by atoms with E-state index in [0.717, 1.165) is 6.33 Å². The van der Waals surface area contributed by atoms with Gasteiger partial charge >= 0.3 is 27.4 Å². The lowest BCUT2D eigenvalue weighted by molar-refractivity contribution is -0.140. The Morgan fingerprint density at radius 1 is 1.09 bits per heavy atom. The number of nitrogens with one attached hydrogen (secondary N) is 3. The molecule has 5 unspecified atom stereocenters. The van der Waals surface area contributed by atoms with Crippen LogP contribution in [0.1, 0.15) is 19.1 Å². The molecule has 0 saturated carbocycles. The predicted molar refractivity (Wildman–Crippen MR) is 154 cm³/mol. The summed E-state index contributed by atoms with van der Waals surface area (Å²) in [5, 5.41) is 38.4. The summed E-state index contributed by atoms with van der Waals surface area (Å²) in [4.78, 5) is 56.4. The summed E-state index contributed by atoms with van der Waals surface area (Å²) in [7, 11) is -9.90. The first-order chi connectivity index (χ1) is 21.3. The number of nitrogens with zero attached hydrogens (tertiary/aromatic N) is 4. The third-order valence-corrected chi connectivity index (χ3v) is 10.5. The Labute approximate surface area is 254 Å². The van der Waals surface area contributed by atoms with Crippen LogP contribution in [0.5, 0.6) is 0 Å². The number of rotatable bonds is 11. The quantitative estimate of drug-likeness (QED) is 0.131. The fraction of sp³-hybridized carbons (Fsp3) is 0.458. The average Bonchev–Trinajstić information content (AvgIpc) is 3.52. The minimum Gasteiger partial charge on any atom is -0.480 e. The summed E-state index contributed by atoms with van der Waals surface area (Å²) in [5.41, 5.74) is 0.769. The van der Waals surface area contributed by atoms with Crippen molar-refractivity contribution in [2.24, 2.45) is 5.92 Å². The van der Waals surface area contributed by atoms with Gasteiger partial charge in [-0.15, -0.1) is 0 Å². The van der Waals surface area contributed by atoms with Crippen LogP contribution < -0.4 is 16.0 Å². The molecule has 244 valence electrons. The number of carboxylic acids is 1. The van der Waals surface area contributed by atoms with E-state index in [1.54, 1.807) is 30.3 Å². The number of benzene rings is 1. The van der Waals surface area contributed by atoms with Gasteiger partial charge in [0.25, 0.3) is 0 Å². The number of amides is 2. The van der Waals surface area contributed by atoms with E-state index in [-0.39, 0.29) is 29.9 Å². The number of aliphatic carboxylic acids is 1. The van der Waals surface area contributed by atoms with E-state index in [1.165, 1.54) is 10.9 Å². The highest BCUT2D eigenvalue weighted by atomic mass is 31.3. The number of carbonyl (C=O) groups excluding carboxylic acids is 1. The molecule has 2 aliphatic heterocycles. The van der Waals surface area contributed by atoms with Crippen molar-refractivity contribution in [3.63, 3.8) is 0 Å². The van der Waals surface area contributed by atoms with Crippen LogP contribution in [0.2, 0.25) is 0 Å². The first-order valence-corrected chi connectivity index (χ1v) is 16.9. The topological polar surface area (TPSA) is 277 Å². The molecule has 1 aromatic carbocycles. The molecule has 19 nitrogen and oxygen atoms in total.